The van der Waals surface area contributed by atoms with Crippen molar-refractivity contribution in [3.63, 3.8) is 0 Å². The van der Waals surface area contributed by atoms with Crippen molar-refractivity contribution < 1.29 is 9.18 Å². The summed E-state index contributed by atoms with van der Waals surface area (Å²) in [7, 11) is 0. The first-order valence-corrected chi connectivity index (χ1v) is 5.67. The van der Waals surface area contributed by atoms with E-state index in [0.717, 1.165) is 19.5 Å². The lowest BCUT2D eigenvalue weighted by atomic mass is 10.3. The van der Waals surface area contributed by atoms with Crippen molar-refractivity contribution in [2.45, 2.75) is 12.5 Å². The molecule has 1 fully saturated rings. The van der Waals surface area contributed by atoms with E-state index in [0.29, 0.717) is 12.2 Å². The average Bonchev–Trinajstić information content (AvgIpc) is 2.63. The van der Waals surface area contributed by atoms with E-state index in [-0.39, 0.29) is 17.8 Å². The van der Waals surface area contributed by atoms with Crippen LogP contribution in [-0.2, 0) is 4.79 Å². The molecule has 1 saturated heterocycles. The second-order valence-corrected chi connectivity index (χ2v) is 4.34. The first-order valence-electron chi connectivity index (χ1n) is 5.67. The van der Waals surface area contributed by atoms with Crippen molar-refractivity contribution in [1.82, 2.24) is 4.90 Å². The third-order valence-electron chi connectivity index (χ3n) is 2.78. The quantitative estimate of drug-likeness (QED) is 0.817. The molecule has 1 aromatic rings. The van der Waals surface area contributed by atoms with E-state index < -0.39 is 0 Å². The Bertz CT molecular complexity index is 410. The molecule has 2 rings (SSSR count). The molecule has 0 spiro atoms. The fraction of sp³-hybridized carbons (Fsp3) is 0.417. The van der Waals surface area contributed by atoms with Gasteiger partial charge in [-0.25, -0.2) is 4.39 Å². The minimum atomic E-state index is -0.356. The number of halogens is 1. The van der Waals surface area contributed by atoms with Crippen LogP contribution in [0.1, 0.15) is 6.42 Å². The monoisotopic (exact) mass is 237 g/mol. The second kappa shape index (κ2) is 5.25. The van der Waals surface area contributed by atoms with E-state index in [2.05, 4.69) is 5.32 Å². The van der Waals surface area contributed by atoms with Gasteiger partial charge in [-0.05, 0) is 24.6 Å². The number of nitrogens with one attached hydrogen (secondary N) is 1. The molecule has 0 bridgehead atoms. The van der Waals surface area contributed by atoms with Gasteiger partial charge in [0.1, 0.15) is 5.82 Å². The smallest absolute Gasteiger partial charge is 0.238 e. The molecule has 3 N–H and O–H groups in total. The third-order valence-corrected chi connectivity index (χ3v) is 2.78. The predicted molar refractivity (Wildman–Crippen MR) is 64.1 cm³/mol. The Morgan fingerprint density at radius 1 is 1.59 bits per heavy atom. The number of amides is 1. The van der Waals surface area contributed by atoms with Gasteiger partial charge in [0.05, 0.1) is 6.54 Å². The van der Waals surface area contributed by atoms with Gasteiger partial charge in [0.25, 0.3) is 0 Å². The zero-order valence-corrected chi connectivity index (χ0v) is 9.53. The third kappa shape index (κ3) is 3.51. The number of rotatable bonds is 3. The van der Waals surface area contributed by atoms with Crippen molar-refractivity contribution in [3.8, 4) is 0 Å². The summed E-state index contributed by atoms with van der Waals surface area (Å²) in [5.74, 6) is -0.490. The van der Waals surface area contributed by atoms with Gasteiger partial charge in [0.15, 0.2) is 0 Å². The maximum Gasteiger partial charge on any atom is 0.238 e. The van der Waals surface area contributed by atoms with Crippen molar-refractivity contribution in [2.24, 2.45) is 5.73 Å². The standard InChI is InChI=1S/C12H16FN3O/c13-9-2-1-3-11(6-9)15-12(17)8-16-5-4-10(14)7-16/h1-3,6,10H,4-5,7-8,14H2,(H,15,17)/t10-/m0/s1. The average molecular weight is 237 g/mol. The largest absolute Gasteiger partial charge is 0.326 e. The molecule has 5 heteroatoms. The van der Waals surface area contributed by atoms with E-state index >= 15 is 0 Å². The summed E-state index contributed by atoms with van der Waals surface area (Å²) >= 11 is 0. The second-order valence-electron chi connectivity index (χ2n) is 4.34. The minimum absolute atomic E-state index is 0.135. The molecule has 17 heavy (non-hydrogen) atoms. The van der Waals surface area contributed by atoms with Crippen LogP contribution in [0.4, 0.5) is 10.1 Å². The van der Waals surface area contributed by atoms with E-state index in [1.807, 2.05) is 4.90 Å². The molecular weight excluding hydrogens is 221 g/mol. The zero-order valence-electron chi connectivity index (χ0n) is 9.53. The van der Waals surface area contributed by atoms with Crippen LogP contribution in [0.25, 0.3) is 0 Å². The molecular formula is C12H16FN3O. The Morgan fingerprint density at radius 2 is 2.41 bits per heavy atom. The van der Waals surface area contributed by atoms with Gasteiger partial charge in [-0.3, -0.25) is 9.69 Å². The number of hydrogen-bond acceptors (Lipinski definition) is 3. The van der Waals surface area contributed by atoms with Gasteiger partial charge in [0.2, 0.25) is 5.91 Å². The van der Waals surface area contributed by atoms with Gasteiger partial charge in [-0.2, -0.15) is 0 Å². The molecule has 92 valence electrons. The highest BCUT2D eigenvalue weighted by Crippen LogP contribution is 2.10. The van der Waals surface area contributed by atoms with Crippen LogP contribution >= 0.6 is 0 Å². The molecule has 0 saturated carbocycles. The fourth-order valence-corrected chi connectivity index (χ4v) is 1.98. The van der Waals surface area contributed by atoms with Crippen LogP contribution in [0.3, 0.4) is 0 Å². The minimum Gasteiger partial charge on any atom is -0.326 e. The first-order chi connectivity index (χ1) is 8.13. The number of nitrogens with zero attached hydrogens (tertiary/aromatic N) is 1. The molecule has 1 heterocycles. The summed E-state index contributed by atoms with van der Waals surface area (Å²) in [5.41, 5.74) is 6.24. The molecule has 0 aliphatic carbocycles. The molecule has 0 unspecified atom stereocenters. The summed E-state index contributed by atoms with van der Waals surface area (Å²) in [5, 5.41) is 2.66. The number of carbonyl (C=O) groups excluding carboxylic acids is 1. The Balaban J connectivity index is 1.85. The molecule has 0 aromatic heterocycles. The Labute approximate surface area is 99.6 Å². The number of nitrogens with two attached hydrogens (primary N) is 1. The Morgan fingerprint density at radius 3 is 3.06 bits per heavy atom. The van der Waals surface area contributed by atoms with Crippen LogP contribution in [-0.4, -0.2) is 36.5 Å². The molecule has 0 radical (unpaired) electrons. The highest BCUT2D eigenvalue weighted by atomic mass is 19.1. The molecule has 1 aliphatic heterocycles. The maximum atomic E-state index is 12.9. The Kier molecular flexibility index (Phi) is 3.71. The number of hydrogen-bond donors (Lipinski definition) is 2. The summed E-state index contributed by atoms with van der Waals surface area (Å²) in [6, 6.07) is 6.04. The number of carbonyl (C=O) groups is 1. The van der Waals surface area contributed by atoms with E-state index in [9.17, 15) is 9.18 Å². The van der Waals surface area contributed by atoms with E-state index in [1.165, 1.54) is 12.1 Å². The topological polar surface area (TPSA) is 58.4 Å². The van der Waals surface area contributed by atoms with Gasteiger partial charge in [-0.1, -0.05) is 6.07 Å². The lowest BCUT2D eigenvalue weighted by Gasteiger charge is -2.14. The lowest BCUT2D eigenvalue weighted by Crippen LogP contribution is -2.33. The number of anilines is 1. The van der Waals surface area contributed by atoms with Crippen molar-refractivity contribution in [3.05, 3.63) is 30.1 Å². The van der Waals surface area contributed by atoms with E-state index in [4.69, 9.17) is 5.73 Å². The van der Waals surface area contributed by atoms with Crippen LogP contribution in [0.2, 0.25) is 0 Å². The summed E-state index contributed by atoms with van der Waals surface area (Å²) < 4.78 is 12.9. The van der Waals surface area contributed by atoms with E-state index in [1.54, 1.807) is 12.1 Å². The fourth-order valence-electron chi connectivity index (χ4n) is 1.98. The molecule has 1 atom stereocenters. The number of likely N-dealkylation sites (tertiary alicyclic amines) is 1. The van der Waals surface area contributed by atoms with Crippen LogP contribution < -0.4 is 11.1 Å². The SMILES string of the molecule is N[C@H]1CCN(CC(=O)Nc2cccc(F)c2)C1. The summed E-state index contributed by atoms with van der Waals surface area (Å²) in [6.45, 7) is 1.90. The molecule has 1 aliphatic rings. The maximum absolute atomic E-state index is 12.9. The lowest BCUT2D eigenvalue weighted by molar-refractivity contribution is -0.117. The van der Waals surface area contributed by atoms with Crippen molar-refractivity contribution in [1.29, 1.82) is 0 Å². The van der Waals surface area contributed by atoms with Crippen LogP contribution in [0.15, 0.2) is 24.3 Å². The van der Waals surface area contributed by atoms with Gasteiger partial charge in [0, 0.05) is 24.8 Å². The highest BCUT2D eigenvalue weighted by molar-refractivity contribution is 5.92. The van der Waals surface area contributed by atoms with Crippen LogP contribution in [0, 0.1) is 5.82 Å². The van der Waals surface area contributed by atoms with Crippen LogP contribution in [0.5, 0.6) is 0 Å². The van der Waals surface area contributed by atoms with Gasteiger partial charge < -0.3 is 11.1 Å². The summed E-state index contributed by atoms with van der Waals surface area (Å²) in [4.78, 5) is 13.7. The molecule has 4 nitrogen and oxygen atoms in total. The zero-order chi connectivity index (χ0) is 12.3. The van der Waals surface area contributed by atoms with Crippen molar-refractivity contribution >= 4 is 11.6 Å². The predicted octanol–water partition coefficient (Wildman–Crippen LogP) is 0.797. The van der Waals surface area contributed by atoms with Crippen molar-refractivity contribution in [2.75, 3.05) is 25.0 Å². The summed E-state index contributed by atoms with van der Waals surface area (Å²) in [6.07, 6.45) is 0.924. The first kappa shape index (κ1) is 12.0. The Hall–Kier alpha value is -1.46. The molecule has 1 amide bonds. The van der Waals surface area contributed by atoms with Gasteiger partial charge >= 0.3 is 0 Å². The number of benzene rings is 1. The normalized spacial score (nSPS) is 20.5. The van der Waals surface area contributed by atoms with Gasteiger partial charge in [-0.15, -0.1) is 0 Å². The molecule has 1 aromatic carbocycles. The highest BCUT2D eigenvalue weighted by Gasteiger charge is 2.20.